The van der Waals surface area contributed by atoms with Crippen LogP contribution in [0.5, 0.6) is 0 Å². The van der Waals surface area contributed by atoms with Gasteiger partial charge in [-0.1, -0.05) is 37.3 Å². The van der Waals surface area contributed by atoms with Crippen LogP contribution in [0.3, 0.4) is 0 Å². The van der Waals surface area contributed by atoms with E-state index in [0.29, 0.717) is 13.1 Å². The van der Waals surface area contributed by atoms with Gasteiger partial charge < -0.3 is 9.29 Å². The van der Waals surface area contributed by atoms with Crippen LogP contribution in [-0.4, -0.2) is 32.2 Å². The van der Waals surface area contributed by atoms with Crippen LogP contribution < -0.4 is 0 Å². The molecule has 2 rings (SSSR count). The highest BCUT2D eigenvalue weighted by Gasteiger charge is 2.37. The summed E-state index contributed by atoms with van der Waals surface area (Å²) in [4.78, 5) is 11.8. The molecular formula is C18H27NO3S. The monoisotopic (exact) mass is 337 g/mol. The topological polar surface area (TPSA) is 52.6 Å². The third-order valence-corrected chi connectivity index (χ3v) is 5.77. The molecule has 0 N–H and O–H groups in total. The summed E-state index contributed by atoms with van der Waals surface area (Å²) in [6.07, 6.45) is 1.50. The fraction of sp³-hybridized carbons (Fsp3) is 0.611. The Labute approximate surface area is 142 Å². The van der Waals surface area contributed by atoms with Crippen LogP contribution in [0.4, 0.5) is 0 Å². The molecule has 1 heterocycles. The van der Waals surface area contributed by atoms with Crippen molar-refractivity contribution in [1.29, 1.82) is 0 Å². The average molecular weight is 337 g/mol. The summed E-state index contributed by atoms with van der Waals surface area (Å²) >= 11 is -1.16. The molecule has 1 saturated heterocycles. The van der Waals surface area contributed by atoms with E-state index in [0.717, 1.165) is 18.4 Å². The van der Waals surface area contributed by atoms with Gasteiger partial charge >= 0.3 is 5.97 Å². The van der Waals surface area contributed by atoms with Crippen molar-refractivity contribution in [2.45, 2.75) is 57.9 Å². The Morgan fingerprint density at radius 3 is 2.48 bits per heavy atom. The molecule has 128 valence electrons. The number of hydrogen-bond donors (Lipinski definition) is 0. The van der Waals surface area contributed by atoms with Crippen molar-refractivity contribution < 1.29 is 14.1 Å². The van der Waals surface area contributed by atoms with Crippen molar-refractivity contribution in [1.82, 2.24) is 4.31 Å². The standard InChI is InChI=1S/C18H27NO3S/c1-14-10-11-16(22-17(14)20)13-19(23(21)18(2,3)4)12-15-8-6-5-7-9-15/h5-9,14,16H,10-13H2,1-4H3/t14?,16-,23?/m0/s1. The number of nitrogens with zero attached hydrogens (tertiary/aromatic N) is 1. The fourth-order valence-corrected chi connectivity index (χ4v) is 3.96. The van der Waals surface area contributed by atoms with E-state index in [9.17, 15) is 9.35 Å². The quantitative estimate of drug-likeness (QED) is 0.611. The second-order valence-corrected chi connectivity index (χ2v) is 9.45. The third-order valence-electron chi connectivity index (χ3n) is 3.97. The van der Waals surface area contributed by atoms with Crippen molar-refractivity contribution in [3.63, 3.8) is 0 Å². The molecule has 0 spiro atoms. The van der Waals surface area contributed by atoms with Crippen LogP contribution in [0.1, 0.15) is 46.1 Å². The minimum Gasteiger partial charge on any atom is -0.597 e. The van der Waals surface area contributed by atoms with Gasteiger partial charge in [-0.2, -0.15) is 0 Å². The van der Waals surface area contributed by atoms with E-state index >= 15 is 0 Å². The number of ether oxygens (including phenoxy) is 1. The molecule has 0 amide bonds. The second-order valence-electron chi connectivity index (χ2n) is 7.21. The van der Waals surface area contributed by atoms with Gasteiger partial charge in [-0.15, -0.1) is 4.31 Å². The van der Waals surface area contributed by atoms with Crippen LogP contribution >= 0.6 is 0 Å². The van der Waals surface area contributed by atoms with Gasteiger partial charge in [-0.25, -0.2) is 0 Å². The summed E-state index contributed by atoms with van der Waals surface area (Å²) in [6.45, 7) is 8.90. The van der Waals surface area contributed by atoms with Gasteiger partial charge in [0.1, 0.15) is 10.9 Å². The molecule has 0 aliphatic carbocycles. The summed E-state index contributed by atoms with van der Waals surface area (Å²) in [5.41, 5.74) is 1.11. The van der Waals surface area contributed by atoms with E-state index in [-0.39, 0.29) is 22.7 Å². The highest BCUT2D eigenvalue weighted by Crippen LogP contribution is 2.26. The minimum atomic E-state index is -1.16. The zero-order chi connectivity index (χ0) is 17.0. The SMILES string of the molecule is CC1CC[C@@H](CN(Cc2ccccc2)[S+]([O-])C(C)(C)C)OC1=O. The van der Waals surface area contributed by atoms with Crippen molar-refractivity contribution in [3.05, 3.63) is 35.9 Å². The average Bonchev–Trinajstić information content (AvgIpc) is 2.49. The Morgan fingerprint density at radius 2 is 1.91 bits per heavy atom. The van der Waals surface area contributed by atoms with Gasteiger partial charge in [0.2, 0.25) is 0 Å². The number of cyclic esters (lactones) is 1. The van der Waals surface area contributed by atoms with Gasteiger partial charge in [0, 0.05) is 11.4 Å². The lowest BCUT2D eigenvalue weighted by atomic mass is 9.99. The van der Waals surface area contributed by atoms with E-state index in [2.05, 4.69) is 0 Å². The van der Waals surface area contributed by atoms with Crippen LogP contribution in [0.25, 0.3) is 0 Å². The third kappa shape index (κ3) is 5.23. The van der Waals surface area contributed by atoms with Crippen LogP contribution in [0, 0.1) is 5.92 Å². The number of carbonyl (C=O) groups excluding carboxylic acids is 1. The first-order valence-electron chi connectivity index (χ1n) is 8.18. The highest BCUT2D eigenvalue weighted by molar-refractivity contribution is 7.90. The summed E-state index contributed by atoms with van der Waals surface area (Å²) in [7, 11) is 0. The molecule has 0 radical (unpaired) electrons. The lowest BCUT2D eigenvalue weighted by molar-refractivity contribution is -0.159. The molecule has 3 atom stereocenters. The molecule has 23 heavy (non-hydrogen) atoms. The van der Waals surface area contributed by atoms with Gasteiger partial charge in [0.15, 0.2) is 0 Å². The molecule has 2 unspecified atom stereocenters. The fourth-order valence-electron chi connectivity index (χ4n) is 2.61. The lowest BCUT2D eigenvalue weighted by Gasteiger charge is -2.35. The number of rotatable bonds is 5. The summed E-state index contributed by atoms with van der Waals surface area (Å²) < 4.78 is 20.0. The maximum absolute atomic E-state index is 12.9. The van der Waals surface area contributed by atoms with Crippen molar-refractivity contribution in [2.24, 2.45) is 5.92 Å². The first-order valence-corrected chi connectivity index (χ1v) is 9.29. The largest absolute Gasteiger partial charge is 0.597 e. The van der Waals surface area contributed by atoms with Gasteiger partial charge in [0.05, 0.1) is 19.0 Å². The maximum atomic E-state index is 12.9. The maximum Gasteiger partial charge on any atom is 0.308 e. The van der Waals surface area contributed by atoms with Crippen LogP contribution in [-0.2, 0) is 27.4 Å². The van der Waals surface area contributed by atoms with Gasteiger partial charge in [-0.3, -0.25) is 4.79 Å². The van der Waals surface area contributed by atoms with Crippen molar-refractivity contribution in [3.8, 4) is 0 Å². The predicted octanol–water partition coefficient (Wildman–Crippen LogP) is 3.29. The molecule has 1 aliphatic heterocycles. The molecule has 1 fully saturated rings. The zero-order valence-corrected chi connectivity index (χ0v) is 15.3. The van der Waals surface area contributed by atoms with E-state index in [1.165, 1.54) is 0 Å². The van der Waals surface area contributed by atoms with Crippen LogP contribution in [0.2, 0.25) is 0 Å². The number of benzene rings is 1. The molecule has 5 heteroatoms. The Balaban J connectivity index is 2.08. The molecule has 0 aromatic heterocycles. The molecule has 0 bridgehead atoms. The number of hydrogen-bond acceptors (Lipinski definition) is 4. The lowest BCUT2D eigenvalue weighted by Crippen LogP contribution is -2.47. The summed E-state index contributed by atoms with van der Waals surface area (Å²) in [5, 5.41) is 0. The highest BCUT2D eigenvalue weighted by atomic mass is 32.2. The first-order chi connectivity index (χ1) is 10.8. The molecule has 1 aromatic carbocycles. The Bertz CT molecular complexity index is 515. The van der Waals surface area contributed by atoms with Crippen LogP contribution in [0.15, 0.2) is 30.3 Å². The number of carbonyl (C=O) groups is 1. The summed E-state index contributed by atoms with van der Waals surface area (Å²) in [5.74, 6) is -0.163. The van der Waals surface area contributed by atoms with E-state index < -0.39 is 11.4 Å². The smallest absolute Gasteiger partial charge is 0.308 e. The molecule has 0 saturated carbocycles. The molecule has 1 aromatic rings. The predicted molar refractivity (Wildman–Crippen MR) is 93.0 cm³/mol. The van der Waals surface area contributed by atoms with Gasteiger partial charge in [0.25, 0.3) is 0 Å². The van der Waals surface area contributed by atoms with E-state index in [1.54, 1.807) is 0 Å². The molecule has 4 nitrogen and oxygen atoms in total. The zero-order valence-electron chi connectivity index (χ0n) is 14.5. The Kier molecular flexibility index (Phi) is 6.12. The van der Waals surface area contributed by atoms with Gasteiger partial charge in [-0.05, 0) is 39.2 Å². The first kappa shape index (κ1) is 18.3. The Hall–Kier alpha value is -1.04. The Morgan fingerprint density at radius 1 is 1.26 bits per heavy atom. The minimum absolute atomic E-state index is 0.0260. The number of esters is 1. The molecular weight excluding hydrogens is 310 g/mol. The normalized spacial score (nSPS) is 23.7. The summed E-state index contributed by atoms with van der Waals surface area (Å²) in [6, 6.07) is 9.99. The van der Waals surface area contributed by atoms with Crippen molar-refractivity contribution in [2.75, 3.05) is 6.54 Å². The second kappa shape index (κ2) is 7.69. The van der Waals surface area contributed by atoms with Crippen molar-refractivity contribution >= 4 is 17.3 Å². The molecule has 1 aliphatic rings. The van der Waals surface area contributed by atoms with E-state index in [4.69, 9.17) is 4.74 Å². The van der Waals surface area contributed by atoms with E-state index in [1.807, 2.05) is 62.3 Å².